The fraction of sp³-hybridized carbons (Fsp3) is 0.615. The third-order valence-electron chi connectivity index (χ3n) is 3.26. The Morgan fingerprint density at radius 1 is 1.55 bits per heavy atom. The maximum Gasteiger partial charge on any atom is 0.328 e. The van der Waals surface area contributed by atoms with E-state index in [-0.39, 0.29) is 18.9 Å². The van der Waals surface area contributed by atoms with E-state index in [0.717, 1.165) is 16.9 Å². The van der Waals surface area contributed by atoms with Gasteiger partial charge in [-0.15, -0.1) is 0 Å². The molecule has 3 N–H and O–H groups in total. The van der Waals surface area contributed by atoms with Gasteiger partial charge in [-0.3, -0.25) is 14.2 Å². The molecule has 6 nitrogen and oxygen atoms in total. The van der Waals surface area contributed by atoms with Crippen molar-refractivity contribution in [1.29, 1.82) is 0 Å². The van der Waals surface area contributed by atoms with E-state index >= 15 is 0 Å². The number of nitrogens with one attached hydrogen (secondary N) is 1. The van der Waals surface area contributed by atoms with Gasteiger partial charge in [0, 0.05) is 11.8 Å². The molecule has 1 unspecified atom stereocenters. The summed E-state index contributed by atoms with van der Waals surface area (Å²) in [5.74, 6) is 0.921. The van der Waals surface area contributed by atoms with Gasteiger partial charge < -0.3 is 10.7 Å². The molecule has 20 heavy (non-hydrogen) atoms. The normalized spacial score (nSPS) is 15.1. The molecule has 1 aliphatic rings. The molecule has 1 amide bonds. The number of nitrogens with zero attached hydrogens (tertiary/aromatic N) is 1. The molecular weight excluding hydrogens is 265 g/mol. The minimum atomic E-state index is -0.708. The van der Waals surface area contributed by atoms with Gasteiger partial charge in [-0.2, -0.15) is 0 Å². The lowest BCUT2D eigenvalue weighted by molar-refractivity contribution is -0.106. The molecule has 0 spiro atoms. The zero-order chi connectivity index (χ0) is 15.1. The first kappa shape index (κ1) is 16.1. The SMILES string of the molecule is CC(CC1CC1)c1cc(=O)n(CCF)c(=O)[nH]1.NC=O. The smallest absolute Gasteiger partial charge is 0.328 e. The second kappa shape index (κ2) is 7.62. The van der Waals surface area contributed by atoms with Gasteiger partial charge in [0.05, 0.1) is 6.54 Å². The number of hydrogen-bond acceptors (Lipinski definition) is 3. The second-order valence-electron chi connectivity index (χ2n) is 4.92. The van der Waals surface area contributed by atoms with Crippen molar-refractivity contribution in [3.63, 3.8) is 0 Å². The second-order valence-corrected chi connectivity index (χ2v) is 4.92. The molecular formula is C13H20FN3O3. The molecule has 0 bridgehead atoms. The lowest BCUT2D eigenvalue weighted by Gasteiger charge is -2.11. The lowest BCUT2D eigenvalue weighted by Crippen LogP contribution is -2.36. The summed E-state index contributed by atoms with van der Waals surface area (Å²) in [5.41, 5.74) is 3.92. The number of aromatic nitrogens is 2. The van der Waals surface area contributed by atoms with E-state index < -0.39 is 17.9 Å². The Kier molecular flexibility index (Phi) is 6.14. The molecule has 1 aromatic rings. The van der Waals surface area contributed by atoms with Crippen LogP contribution in [0.4, 0.5) is 4.39 Å². The van der Waals surface area contributed by atoms with E-state index in [9.17, 15) is 14.0 Å². The largest absolute Gasteiger partial charge is 0.372 e. The van der Waals surface area contributed by atoms with Gasteiger partial charge in [0.15, 0.2) is 0 Å². The van der Waals surface area contributed by atoms with E-state index in [1.807, 2.05) is 6.92 Å². The topological polar surface area (TPSA) is 97.9 Å². The number of halogens is 1. The standard InChI is InChI=1S/C12H17FN2O2.CH3NO/c1-8(6-9-2-3-9)10-7-11(16)15(5-4-13)12(17)14-10;2-1-3/h7-9H,2-6H2,1H3,(H,14,17);1H,(H2,2,3). The summed E-state index contributed by atoms with van der Waals surface area (Å²) in [4.78, 5) is 34.5. The monoisotopic (exact) mass is 285 g/mol. The van der Waals surface area contributed by atoms with Crippen LogP contribution in [0.2, 0.25) is 0 Å². The number of carbonyl (C=O) groups excluding carboxylic acids is 1. The van der Waals surface area contributed by atoms with Crippen LogP contribution in [-0.4, -0.2) is 22.6 Å². The fourth-order valence-corrected chi connectivity index (χ4v) is 2.08. The molecule has 0 saturated heterocycles. The van der Waals surface area contributed by atoms with Crippen LogP contribution in [0.5, 0.6) is 0 Å². The van der Waals surface area contributed by atoms with Crippen molar-refractivity contribution in [2.24, 2.45) is 11.7 Å². The van der Waals surface area contributed by atoms with Gasteiger partial charge in [-0.05, 0) is 18.3 Å². The number of carbonyl (C=O) groups is 1. The van der Waals surface area contributed by atoms with Crippen LogP contribution < -0.4 is 17.0 Å². The predicted molar refractivity (Wildman–Crippen MR) is 73.3 cm³/mol. The average molecular weight is 285 g/mol. The van der Waals surface area contributed by atoms with Crippen molar-refractivity contribution in [2.45, 2.75) is 38.6 Å². The minimum Gasteiger partial charge on any atom is -0.372 e. The summed E-state index contributed by atoms with van der Waals surface area (Å²) in [6.45, 7) is 1.12. The Labute approximate surface area is 115 Å². The number of nitrogens with two attached hydrogens (primary N) is 1. The van der Waals surface area contributed by atoms with Gasteiger partial charge in [-0.1, -0.05) is 19.8 Å². The van der Waals surface area contributed by atoms with Gasteiger partial charge in [0.25, 0.3) is 5.56 Å². The Hall–Kier alpha value is -1.92. The maximum absolute atomic E-state index is 12.2. The molecule has 2 rings (SSSR count). The summed E-state index contributed by atoms with van der Waals surface area (Å²) in [7, 11) is 0. The number of hydrogen-bond donors (Lipinski definition) is 2. The third-order valence-corrected chi connectivity index (χ3v) is 3.26. The van der Waals surface area contributed by atoms with Crippen LogP contribution in [0.25, 0.3) is 0 Å². The quantitative estimate of drug-likeness (QED) is 0.771. The van der Waals surface area contributed by atoms with Gasteiger partial charge >= 0.3 is 5.69 Å². The molecule has 1 atom stereocenters. The van der Waals surface area contributed by atoms with Crippen LogP contribution in [0.15, 0.2) is 15.7 Å². The highest BCUT2D eigenvalue weighted by Gasteiger charge is 2.24. The average Bonchev–Trinajstić information content (AvgIpc) is 3.18. The van der Waals surface area contributed by atoms with Crippen LogP contribution in [0, 0.1) is 5.92 Å². The fourth-order valence-electron chi connectivity index (χ4n) is 2.08. The van der Waals surface area contributed by atoms with Crippen molar-refractivity contribution in [1.82, 2.24) is 9.55 Å². The van der Waals surface area contributed by atoms with E-state index in [1.165, 1.54) is 18.9 Å². The summed E-state index contributed by atoms with van der Waals surface area (Å²) < 4.78 is 13.1. The van der Waals surface area contributed by atoms with Gasteiger partial charge in [0.1, 0.15) is 6.67 Å². The summed E-state index contributed by atoms with van der Waals surface area (Å²) in [6.07, 6.45) is 3.74. The number of alkyl halides is 1. The number of H-pyrrole nitrogens is 1. The molecule has 1 aliphatic carbocycles. The Bertz CT molecular complexity index is 517. The summed E-state index contributed by atoms with van der Waals surface area (Å²) in [5, 5.41) is 0. The van der Waals surface area contributed by atoms with E-state index in [4.69, 9.17) is 4.79 Å². The van der Waals surface area contributed by atoms with E-state index in [1.54, 1.807) is 0 Å². The molecule has 1 fully saturated rings. The van der Waals surface area contributed by atoms with Crippen molar-refractivity contribution in [3.8, 4) is 0 Å². The first-order valence-electron chi connectivity index (χ1n) is 6.58. The first-order valence-corrected chi connectivity index (χ1v) is 6.58. The number of primary amides is 1. The summed E-state index contributed by atoms with van der Waals surface area (Å²) in [6, 6.07) is 1.42. The first-order chi connectivity index (χ1) is 9.53. The maximum atomic E-state index is 12.2. The van der Waals surface area contributed by atoms with Crippen molar-refractivity contribution in [3.05, 3.63) is 32.6 Å². The highest BCUT2D eigenvalue weighted by molar-refractivity contribution is 5.42. The molecule has 7 heteroatoms. The summed E-state index contributed by atoms with van der Waals surface area (Å²) >= 11 is 0. The van der Waals surface area contributed by atoms with Gasteiger partial charge in [-0.25, -0.2) is 9.18 Å². The highest BCUT2D eigenvalue weighted by atomic mass is 19.1. The predicted octanol–water partition coefficient (Wildman–Crippen LogP) is 0.511. The van der Waals surface area contributed by atoms with Crippen molar-refractivity contribution < 1.29 is 9.18 Å². The zero-order valence-electron chi connectivity index (χ0n) is 11.5. The van der Waals surface area contributed by atoms with E-state index in [2.05, 4.69) is 10.7 Å². The number of aromatic amines is 1. The third kappa shape index (κ3) is 4.64. The number of rotatable bonds is 5. The van der Waals surface area contributed by atoms with Crippen LogP contribution in [0.3, 0.4) is 0 Å². The molecule has 0 radical (unpaired) electrons. The Balaban J connectivity index is 0.000000612. The highest BCUT2D eigenvalue weighted by Crippen LogP contribution is 2.37. The Morgan fingerprint density at radius 2 is 2.15 bits per heavy atom. The van der Waals surface area contributed by atoms with Crippen molar-refractivity contribution >= 4 is 6.41 Å². The molecule has 112 valence electrons. The van der Waals surface area contributed by atoms with Crippen LogP contribution in [0.1, 0.15) is 37.8 Å². The van der Waals surface area contributed by atoms with Crippen LogP contribution >= 0.6 is 0 Å². The molecule has 0 aliphatic heterocycles. The molecule has 1 aromatic heterocycles. The van der Waals surface area contributed by atoms with E-state index in [0.29, 0.717) is 5.69 Å². The molecule has 1 heterocycles. The van der Waals surface area contributed by atoms with Crippen LogP contribution in [-0.2, 0) is 11.3 Å². The van der Waals surface area contributed by atoms with Gasteiger partial charge in [0.2, 0.25) is 6.41 Å². The lowest BCUT2D eigenvalue weighted by atomic mass is 10.0. The number of amides is 1. The Morgan fingerprint density at radius 3 is 2.60 bits per heavy atom. The molecule has 0 aromatic carbocycles. The zero-order valence-corrected chi connectivity index (χ0v) is 11.5. The molecule has 1 saturated carbocycles. The van der Waals surface area contributed by atoms with Crippen molar-refractivity contribution in [2.75, 3.05) is 6.67 Å². The minimum absolute atomic E-state index is 0.175.